The second kappa shape index (κ2) is 7.44. The Kier molecular flexibility index (Phi) is 5.58. The van der Waals surface area contributed by atoms with Gasteiger partial charge in [0.2, 0.25) is 5.91 Å². The first-order chi connectivity index (χ1) is 10.9. The number of carbonyl (C=O) groups is 1. The van der Waals surface area contributed by atoms with Crippen molar-refractivity contribution in [3.63, 3.8) is 0 Å². The summed E-state index contributed by atoms with van der Waals surface area (Å²) in [6.07, 6.45) is 7.45. The Labute approximate surface area is 138 Å². The summed E-state index contributed by atoms with van der Waals surface area (Å²) in [5.41, 5.74) is 1.07. The van der Waals surface area contributed by atoms with Gasteiger partial charge in [0.25, 0.3) is 0 Å². The van der Waals surface area contributed by atoms with Gasteiger partial charge < -0.3 is 9.47 Å². The highest BCUT2D eigenvalue weighted by atomic mass is 16.2. The lowest BCUT2D eigenvalue weighted by molar-refractivity contribution is -0.135. The third-order valence-electron chi connectivity index (χ3n) is 3.92. The van der Waals surface area contributed by atoms with Gasteiger partial charge in [0.05, 0.1) is 6.20 Å². The van der Waals surface area contributed by atoms with Gasteiger partial charge in [0.1, 0.15) is 11.9 Å². The van der Waals surface area contributed by atoms with Crippen LogP contribution in [0.4, 0.5) is 0 Å². The molecular formula is C17H27N5O. The molecule has 0 fully saturated rings. The first-order valence-electron chi connectivity index (χ1n) is 8.21. The molecule has 0 saturated carbocycles. The van der Waals surface area contributed by atoms with Gasteiger partial charge in [-0.3, -0.25) is 9.48 Å². The molecule has 2 heterocycles. The van der Waals surface area contributed by atoms with E-state index in [0.29, 0.717) is 12.5 Å². The molecule has 1 unspecified atom stereocenters. The number of rotatable bonds is 7. The maximum Gasteiger partial charge on any atom is 0.245 e. The summed E-state index contributed by atoms with van der Waals surface area (Å²) in [6.45, 7) is 12.3. The third kappa shape index (κ3) is 4.21. The van der Waals surface area contributed by atoms with Crippen LogP contribution >= 0.6 is 0 Å². The first kappa shape index (κ1) is 17.2. The van der Waals surface area contributed by atoms with Crippen molar-refractivity contribution < 1.29 is 4.79 Å². The van der Waals surface area contributed by atoms with E-state index >= 15 is 0 Å². The Balaban J connectivity index is 2.16. The predicted octanol–water partition coefficient (Wildman–Crippen LogP) is 2.65. The molecular weight excluding hydrogens is 290 g/mol. The van der Waals surface area contributed by atoms with Crippen molar-refractivity contribution in [1.82, 2.24) is 24.2 Å². The number of carbonyl (C=O) groups excluding carboxylic acids is 1. The topological polar surface area (TPSA) is 56.0 Å². The third-order valence-corrected chi connectivity index (χ3v) is 3.92. The Morgan fingerprint density at radius 2 is 2.09 bits per heavy atom. The Morgan fingerprint density at radius 3 is 2.61 bits per heavy atom. The second-order valence-corrected chi connectivity index (χ2v) is 6.37. The average molecular weight is 317 g/mol. The molecule has 2 rings (SSSR count). The van der Waals surface area contributed by atoms with E-state index in [4.69, 9.17) is 0 Å². The Hall–Kier alpha value is -2.11. The molecule has 126 valence electrons. The number of amides is 1. The summed E-state index contributed by atoms with van der Waals surface area (Å²) in [6, 6.07) is -0.252. The molecule has 0 aromatic carbocycles. The maximum atomic E-state index is 13.0. The lowest BCUT2D eigenvalue weighted by atomic mass is 10.1. The summed E-state index contributed by atoms with van der Waals surface area (Å²) in [5.74, 6) is 1.38. The van der Waals surface area contributed by atoms with E-state index in [2.05, 4.69) is 30.9 Å². The van der Waals surface area contributed by atoms with Crippen molar-refractivity contribution in [1.29, 1.82) is 0 Å². The van der Waals surface area contributed by atoms with Gasteiger partial charge >= 0.3 is 0 Å². The number of nitrogens with zero attached hydrogens (tertiary/aromatic N) is 5. The van der Waals surface area contributed by atoms with Gasteiger partial charge in [-0.2, -0.15) is 5.10 Å². The van der Waals surface area contributed by atoms with E-state index in [1.54, 1.807) is 6.20 Å². The Morgan fingerprint density at radius 1 is 1.35 bits per heavy atom. The second-order valence-electron chi connectivity index (χ2n) is 6.37. The van der Waals surface area contributed by atoms with Crippen LogP contribution in [-0.2, 0) is 17.9 Å². The fourth-order valence-electron chi connectivity index (χ4n) is 2.73. The van der Waals surface area contributed by atoms with Crippen molar-refractivity contribution in [2.45, 2.75) is 53.8 Å². The molecule has 0 N–H and O–H groups in total. The molecule has 0 spiro atoms. The van der Waals surface area contributed by atoms with Gasteiger partial charge in [-0.1, -0.05) is 13.8 Å². The summed E-state index contributed by atoms with van der Waals surface area (Å²) in [7, 11) is 0. The molecule has 1 amide bonds. The number of aryl methyl sites for hydroxylation is 2. The quantitative estimate of drug-likeness (QED) is 0.789. The van der Waals surface area contributed by atoms with Gasteiger partial charge in [-0.25, -0.2) is 4.98 Å². The highest BCUT2D eigenvalue weighted by Crippen LogP contribution is 2.16. The molecule has 6 heteroatoms. The maximum absolute atomic E-state index is 13.0. The monoisotopic (exact) mass is 317 g/mol. The normalized spacial score (nSPS) is 12.6. The van der Waals surface area contributed by atoms with Crippen molar-refractivity contribution in [3.05, 3.63) is 36.2 Å². The summed E-state index contributed by atoms with van der Waals surface area (Å²) < 4.78 is 3.81. The van der Waals surface area contributed by atoms with Crippen molar-refractivity contribution >= 4 is 5.91 Å². The number of aromatic nitrogens is 4. The number of hydrogen-bond acceptors (Lipinski definition) is 3. The lowest BCUT2D eigenvalue weighted by Crippen LogP contribution is -2.38. The fraction of sp³-hybridized carbons (Fsp3) is 0.588. The minimum absolute atomic E-state index is 0.115. The summed E-state index contributed by atoms with van der Waals surface area (Å²) >= 11 is 0. The molecule has 0 aliphatic carbocycles. The highest BCUT2D eigenvalue weighted by Gasteiger charge is 2.24. The van der Waals surface area contributed by atoms with Gasteiger partial charge in [0.15, 0.2) is 0 Å². The smallest absolute Gasteiger partial charge is 0.245 e. The van der Waals surface area contributed by atoms with Crippen LogP contribution in [0.5, 0.6) is 0 Å². The minimum Gasteiger partial charge on any atom is -0.336 e. The molecule has 0 aliphatic rings. The van der Waals surface area contributed by atoms with E-state index in [0.717, 1.165) is 24.5 Å². The van der Waals surface area contributed by atoms with Crippen LogP contribution in [0.2, 0.25) is 0 Å². The predicted molar refractivity (Wildman–Crippen MR) is 89.8 cm³/mol. The van der Waals surface area contributed by atoms with Crippen LogP contribution in [0.15, 0.2) is 24.8 Å². The van der Waals surface area contributed by atoms with E-state index in [1.807, 2.05) is 46.6 Å². The summed E-state index contributed by atoms with van der Waals surface area (Å²) in [4.78, 5) is 19.1. The molecule has 2 aromatic heterocycles. The van der Waals surface area contributed by atoms with Gasteiger partial charge in [0, 0.05) is 43.8 Å². The van der Waals surface area contributed by atoms with Gasteiger partial charge in [-0.15, -0.1) is 0 Å². The van der Waals surface area contributed by atoms with E-state index in [-0.39, 0.29) is 11.9 Å². The number of imidazole rings is 1. The van der Waals surface area contributed by atoms with Crippen LogP contribution in [0.3, 0.4) is 0 Å². The summed E-state index contributed by atoms with van der Waals surface area (Å²) in [5, 5.41) is 4.30. The van der Waals surface area contributed by atoms with Crippen molar-refractivity contribution in [2.24, 2.45) is 5.92 Å². The van der Waals surface area contributed by atoms with E-state index in [1.165, 1.54) is 0 Å². The van der Waals surface area contributed by atoms with Crippen LogP contribution in [0.1, 0.15) is 45.1 Å². The molecule has 0 radical (unpaired) electrons. The first-order valence-corrected chi connectivity index (χ1v) is 8.21. The van der Waals surface area contributed by atoms with Crippen molar-refractivity contribution in [2.75, 3.05) is 6.54 Å². The zero-order valence-electron chi connectivity index (χ0n) is 14.7. The lowest BCUT2D eigenvalue weighted by Gasteiger charge is -2.28. The molecule has 23 heavy (non-hydrogen) atoms. The molecule has 0 aliphatic heterocycles. The van der Waals surface area contributed by atoms with Gasteiger partial charge in [-0.05, 0) is 26.7 Å². The van der Waals surface area contributed by atoms with E-state index < -0.39 is 0 Å². The highest BCUT2D eigenvalue weighted by molar-refractivity contribution is 5.80. The SMILES string of the molecule is CCn1cc(CN(CC(C)C)C(=O)C(C)n2ccnc2C)cn1. The molecule has 0 bridgehead atoms. The molecule has 0 saturated heterocycles. The van der Waals surface area contributed by atoms with Crippen LogP contribution < -0.4 is 0 Å². The Bertz CT molecular complexity index is 643. The minimum atomic E-state index is -0.252. The van der Waals surface area contributed by atoms with Crippen LogP contribution in [0, 0.1) is 12.8 Å². The molecule has 2 aromatic rings. The van der Waals surface area contributed by atoms with E-state index in [9.17, 15) is 4.79 Å². The van der Waals surface area contributed by atoms with Crippen LogP contribution in [-0.4, -0.2) is 36.7 Å². The van der Waals surface area contributed by atoms with Crippen LogP contribution in [0.25, 0.3) is 0 Å². The largest absolute Gasteiger partial charge is 0.336 e. The standard InChI is InChI=1S/C17H27N5O/c1-6-21-12-16(9-19-21)11-20(10-13(2)3)17(23)14(4)22-8-7-18-15(22)5/h7-9,12-14H,6,10-11H2,1-5H3. The average Bonchev–Trinajstić information content (AvgIpc) is 3.13. The zero-order chi connectivity index (χ0) is 17.0. The molecule has 6 nitrogen and oxygen atoms in total. The van der Waals surface area contributed by atoms with Crippen molar-refractivity contribution in [3.8, 4) is 0 Å². The fourth-order valence-corrected chi connectivity index (χ4v) is 2.73. The zero-order valence-corrected chi connectivity index (χ0v) is 14.7. The number of hydrogen-bond donors (Lipinski definition) is 0. The molecule has 1 atom stereocenters.